The van der Waals surface area contributed by atoms with Crippen molar-refractivity contribution in [3.8, 4) is 34.0 Å². The molecule has 0 bridgehead atoms. The van der Waals surface area contributed by atoms with E-state index >= 15 is 0 Å². The number of aromatic nitrogens is 3. The Kier molecular flexibility index (Phi) is 4.70. The second-order valence-electron chi connectivity index (χ2n) is 7.72. The van der Waals surface area contributed by atoms with Crippen molar-refractivity contribution in [3.63, 3.8) is 0 Å². The number of nitrogens with one attached hydrogen (secondary N) is 1. The van der Waals surface area contributed by atoms with E-state index in [9.17, 15) is 4.39 Å². The van der Waals surface area contributed by atoms with Gasteiger partial charge in [-0.25, -0.2) is 14.4 Å². The molecule has 3 heterocycles. The van der Waals surface area contributed by atoms with Gasteiger partial charge in [-0.1, -0.05) is 6.07 Å². The van der Waals surface area contributed by atoms with Crippen LogP contribution in [0, 0.1) is 5.82 Å². The van der Waals surface area contributed by atoms with Crippen LogP contribution in [0.5, 0.6) is 11.6 Å². The normalized spacial score (nSPS) is 11.6. The molecule has 1 N–H and O–H groups in total. The maximum atomic E-state index is 14.9. The van der Waals surface area contributed by atoms with E-state index in [1.165, 1.54) is 7.11 Å². The first-order valence-corrected chi connectivity index (χ1v) is 9.32. The Balaban J connectivity index is 1.93. The van der Waals surface area contributed by atoms with Crippen molar-refractivity contribution < 1.29 is 13.9 Å². The first-order chi connectivity index (χ1) is 13.9. The molecule has 0 saturated carbocycles. The Labute approximate surface area is 168 Å². The molecule has 0 saturated heterocycles. The quantitative estimate of drug-likeness (QED) is 0.491. The summed E-state index contributed by atoms with van der Waals surface area (Å²) in [4.78, 5) is 12.1. The zero-order valence-electron chi connectivity index (χ0n) is 16.8. The van der Waals surface area contributed by atoms with Crippen molar-refractivity contribution in [2.75, 3.05) is 7.11 Å². The summed E-state index contributed by atoms with van der Waals surface area (Å²) in [6.07, 6.45) is 3.62. The van der Waals surface area contributed by atoms with Gasteiger partial charge in [-0.15, -0.1) is 0 Å². The van der Waals surface area contributed by atoms with Gasteiger partial charge < -0.3 is 14.5 Å². The maximum absolute atomic E-state index is 14.9. The average Bonchev–Trinajstić information content (AvgIpc) is 3.11. The lowest BCUT2D eigenvalue weighted by Gasteiger charge is -2.21. The molecule has 3 aromatic heterocycles. The Morgan fingerprint density at radius 3 is 2.62 bits per heavy atom. The minimum Gasteiger partial charge on any atom is -0.494 e. The van der Waals surface area contributed by atoms with Crippen molar-refractivity contribution in [3.05, 3.63) is 60.7 Å². The lowest BCUT2D eigenvalue weighted by atomic mass is 10.0. The molecule has 0 atom stereocenters. The molecule has 0 fully saturated rings. The lowest BCUT2D eigenvalue weighted by molar-refractivity contribution is 0.124. The highest BCUT2D eigenvalue weighted by molar-refractivity contribution is 5.94. The minimum absolute atomic E-state index is 0.171. The number of fused-ring (bicyclic) bond motifs is 1. The highest BCUT2D eigenvalue weighted by atomic mass is 19.1. The predicted molar refractivity (Wildman–Crippen MR) is 112 cm³/mol. The third-order valence-electron chi connectivity index (χ3n) is 4.43. The summed E-state index contributed by atoms with van der Waals surface area (Å²) < 4.78 is 26.1. The average molecular weight is 391 g/mol. The minimum atomic E-state index is -0.457. The van der Waals surface area contributed by atoms with Gasteiger partial charge in [0.15, 0.2) is 11.6 Å². The Morgan fingerprint density at radius 1 is 1.03 bits per heavy atom. The van der Waals surface area contributed by atoms with Gasteiger partial charge in [0.1, 0.15) is 11.2 Å². The fourth-order valence-corrected chi connectivity index (χ4v) is 3.23. The number of methoxy groups -OCH3 is 1. The first-order valence-electron chi connectivity index (χ1n) is 9.32. The lowest BCUT2D eigenvalue weighted by Crippen LogP contribution is -2.23. The third-order valence-corrected chi connectivity index (χ3v) is 4.43. The molecule has 0 radical (unpaired) electrons. The number of ether oxygens (including phenoxy) is 2. The summed E-state index contributed by atoms with van der Waals surface area (Å²) in [5, 5.41) is 0.970. The van der Waals surface area contributed by atoms with Crippen molar-refractivity contribution in [2.24, 2.45) is 0 Å². The van der Waals surface area contributed by atoms with Gasteiger partial charge in [0, 0.05) is 35.0 Å². The van der Waals surface area contributed by atoms with Gasteiger partial charge in [0.05, 0.1) is 12.8 Å². The number of nitrogens with zero attached hydrogens (tertiary/aromatic N) is 2. The predicted octanol–water partition coefficient (Wildman–Crippen LogP) is 5.62. The summed E-state index contributed by atoms with van der Waals surface area (Å²) in [7, 11) is 1.44. The van der Waals surface area contributed by atoms with Crippen LogP contribution in [-0.2, 0) is 0 Å². The van der Waals surface area contributed by atoms with Gasteiger partial charge in [-0.2, -0.15) is 0 Å². The largest absolute Gasteiger partial charge is 0.494 e. The number of rotatable bonds is 4. The standard InChI is InChI=1S/C23H22FN3O2/c1-23(2,3)29-20-12-14(17-13-26-22-15(17)8-6-10-25-22)11-18(27-20)16-7-5-9-19(28-4)21(16)24/h5-13H,1-4H3,(H,25,26). The van der Waals surface area contributed by atoms with Crippen LogP contribution < -0.4 is 9.47 Å². The van der Waals surface area contributed by atoms with E-state index < -0.39 is 11.4 Å². The van der Waals surface area contributed by atoms with E-state index in [0.29, 0.717) is 17.1 Å². The number of benzene rings is 1. The summed E-state index contributed by atoms with van der Waals surface area (Å²) in [5.74, 6) is 0.136. The molecule has 4 aromatic rings. The number of H-pyrrole nitrogens is 1. The fourth-order valence-electron chi connectivity index (χ4n) is 3.23. The second kappa shape index (κ2) is 7.20. The molecule has 0 unspecified atom stereocenters. The Bertz CT molecular complexity index is 1180. The summed E-state index contributed by atoms with van der Waals surface area (Å²) >= 11 is 0. The van der Waals surface area contributed by atoms with Crippen molar-refractivity contribution in [2.45, 2.75) is 26.4 Å². The number of hydrogen-bond acceptors (Lipinski definition) is 4. The molecule has 5 nitrogen and oxygen atoms in total. The van der Waals surface area contributed by atoms with Gasteiger partial charge >= 0.3 is 0 Å². The van der Waals surface area contributed by atoms with E-state index in [1.54, 1.807) is 24.4 Å². The molecule has 0 amide bonds. The molecular weight excluding hydrogens is 369 g/mol. The Morgan fingerprint density at radius 2 is 1.86 bits per heavy atom. The van der Waals surface area contributed by atoms with Crippen molar-refractivity contribution in [1.82, 2.24) is 15.0 Å². The number of pyridine rings is 2. The van der Waals surface area contributed by atoms with Crippen LogP contribution in [0.15, 0.2) is 54.9 Å². The summed E-state index contributed by atoms with van der Waals surface area (Å²) in [6, 6.07) is 12.6. The van der Waals surface area contributed by atoms with E-state index in [1.807, 2.05) is 51.2 Å². The van der Waals surface area contributed by atoms with E-state index in [2.05, 4.69) is 15.0 Å². The fraction of sp³-hybridized carbons (Fsp3) is 0.217. The van der Waals surface area contributed by atoms with E-state index in [-0.39, 0.29) is 5.75 Å². The first kappa shape index (κ1) is 18.9. The van der Waals surface area contributed by atoms with Gasteiger partial charge in [-0.3, -0.25) is 0 Å². The van der Waals surface area contributed by atoms with Crippen LogP contribution in [0.2, 0.25) is 0 Å². The number of hydrogen-bond donors (Lipinski definition) is 1. The van der Waals surface area contributed by atoms with Gasteiger partial charge in [0.25, 0.3) is 0 Å². The molecule has 29 heavy (non-hydrogen) atoms. The summed E-state index contributed by atoms with van der Waals surface area (Å²) in [5.41, 5.74) is 2.96. The van der Waals surface area contributed by atoms with Crippen molar-refractivity contribution in [1.29, 1.82) is 0 Å². The van der Waals surface area contributed by atoms with E-state index in [0.717, 1.165) is 22.2 Å². The third kappa shape index (κ3) is 3.78. The molecule has 0 spiro atoms. The molecule has 148 valence electrons. The van der Waals surface area contributed by atoms with Crippen LogP contribution in [-0.4, -0.2) is 27.7 Å². The molecule has 6 heteroatoms. The molecule has 1 aromatic carbocycles. The molecule has 0 aliphatic rings. The zero-order valence-corrected chi connectivity index (χ0v) is 16.8. The molecular formula is C23H22FN3O2. The van der Waals surface area contributed by atoms with E-state index in [4.69, 9.17) is 9.47 Å². The van der Waals surface area contributed by atoms with Crippen LogP contribution in [0.4, 0.5) is 4.39 Å². The number of halogens is 1. The SMILES string of the molecule is COc1cccc(-c2cc(-c3c[nH]c4ncccc34)cc(OC(C)(C)C)n2)c1F. The monoisotopic (exact) mass is 391 g/mol. The Hall–Kier alpha value is -3.41. The van der Waals surface area contributed by atoms with Crippen LogP contribution in [0.1, 0.15) is 20.8 Å². The highest BCUT2D eigenvalue weighted by Crippen LogP contribution is 2.35. The van der Waals surface area contributed by atoms with Crippen LogP contribution >= 0.6 is 0 Å². The van der Waals surface area contributed by atoms with Crippen LogP contribution in [0.3, 0.4) is 0 Å². The zero-order chi connectivity index (χ0) is 20.6. The second-order valence-corrected chi connectivity index (χ2v) is 7.72. The molecule has 0 aliphatic carbocycles. The summed E-state index contributed by atoms with van der Waals surface area (Å²) in [6.45, 7) is 5.84. The smallest absolute Gasteiger partial charge is 0.214 e. The molecule has 0 aliphatic heterocycles. The topological polar surface area (TPSA) is 60.0 Å². The highest BCUT2D eigenvalue weighted by Gasteiger charge is 2.19. The van der Waals surface area contributed by atoms with Crippen molar-refractivity contribution >= 4 is 11.0 Å². The van der Waals surface area contributed by atoms with Gasteiger partial charge in [-0.05, 0) is 56.7 Å². The van der Waals surface area contributed by atoms with Gasteiger partial charge in [0.2, 0.25) is 5.88 Å². The van der Waals surface area contributed by atoms with Crippen LogP contribution in [0.25, 0.3) is 33.4 Å². The molecule has 4 rings (SSSR count). The number of aromatic amines is 1. The maximum Gasteiger partial charge on any atom is 0.214 e.